The number of rotatable bonds is 6. The van der Waals surface area contributed by atoms with Gasteiger partial charge in [-0.3, -0.25) is 4.79 Å². The first-order valence-corrected chi connectivity index (χ1v) is 7.02. The molecule has 0 unspecified atom stereocenters. The molecule has 21 heavy (non-hydrogen) atoms. The van der Waals surface area contributed by atoms with Crippen LogP contribution in [-0.4, -0.2) is 40.6 Å². The van der Waals surface area contributed by atoms with E-state index in [1.807, 2.05) is 34.6 Å². The molecule has 1 aromatic carbocycles. The SMILES string of the molecule is Cc1ccc(C(=O)O)cc1OCC(=O)N(C(C)C)C(C)C. The number of aryl methyl sites for hydroxylation is 1. The second-order valence-electron chi connectivity index (χ2n) is 5.56. The molecule has 0 atom stereocenters. The van der Waals surface area contributed by atoms with Gasteiger partial charge in [0.25, 0.3) is 5.91 Å². The van der Waals surface area contributed by atoms with Gasteiger partial charge < -0.3 is 14.7 Å². The lowest BCUT2D eigenvalue weighted by Gasteiger charge is -2.30. The molecule has 0 aliphatic rings. The number of hydrogen-bond donors (Lipinski definition) is 1. The number of carboxylic acid groups (broad SMARTS) is 1. The molecule has 0 saturated carbocycles. The molecule has 116 valence electrons. The fourth-order valence-corrected chi connectivity index (χ4v) is 2.27. The van der Waals surface area contributed by atoms with E-state index in [1.54, 1.807) is 11.0 Å². The second kappa shape index (κ2) is 7.11. The maximum atomic E-state index is 12.2. The van der Waals surface area contributed by atoms with E-state index in [0.29, 0.717) is 5.75 Å². The molecule has 0 bridgehead atoms. The Labute approximate surface area is 125 Å². The van der Waals surface area contributed by atoms with Gasteiger partial charge in [0.15, 0.2) is 6.61 Å². The van der Waals surface area contributed by atoms with Gasteiger partial charge in [0.05, 0.1) is 5.56 Å². The lowest BCUT2D eigenvalue weighted by molar-refractivity contribution is -0.137. The van der Waals surface area contributed by atoms with Crippen LogP contribution in [0.25, 0.3) is 0 Å². The fraction of sp³-hybridized carbons (Fsp3) is 0.500. The summed E-state index contributed by atoms with van der Waals surface area (Å²) in [6, 6.07) is 4.81. The molecule has 0 saturated heterocycles. The molecule has 1 aromatic rings. The Hall–Kier alpha value is -2.04. The average molecular weight is 293 g/mol. The molecule has 0 heterocycles. The predicted octanol–water partition coefficient (Wildman–Crippen LogP) is 2.72. The number of carbonyl (C=O) groups excluding carboxylic acids is 1. The number of carboxylic acids is 1. The molecule has 0 aromatic heterocycles. The zero-order chi connectivity index (χ0) is 16.2. The van der Waals surface area contributed by atoms with E-state index in [2.05, 4.69) is 0 Å². The average Bonchev–Trinajstić information content (AvgIpc) is 2.36. The minimum atomic E-state index is -1.02. The molecule has 5 heteroatoms. The summed E-state index contributed by atoms with van der Waals surface area (Å²) in [6.45, 7) is 9.53. The molecular formula is C16H23NO4. The van der Waals surface area contributed by atoms with E-state index in [4.69, 9.17) is 9.84 Å². The summed E-state index contributed by atoms with van der Waals surface area (Å²) in [4.78, 5) is 24.9. The minimum absolute atomic E-state index is 0.0903. The number of aromatic carboxylic acids is 1. The number of nitrogens with zero attached hydrogens (tertiary/aromatic N) is 1. The number of benzene rings is 1. The normalized spacial score (nSPS) is 10.8. The summed E-state index contributed by atoms with van der Waals surface area (Å²) in [7, 11) is 0. The van der Waals surface area contributed by atoms with E-state index < -0.39 is 5.97 Å². The van der Waals surface area contributed by atoms with Crippen LogP contribution in [-0.2, 0) is 4.79 Å². The second-order valence-corrected chi connectivity index (χ2v) is 5.56. The zero-order valence-electron chi connectivity index (χ0n) is 13.2. The Kier molecular flexibility index (Phi) is 5.76. The molecule has 0 fully saturated rings. The van der Waals surface area contributed by atoms with Crippen molar-refractivity contribution >= 4 is 11.9 Å². The largest absolute Gasteiger partial charge is 0.483 e. The Morgan fingerprint density at radius 2 is 1.76 bits per heavy atom. The van der Waals surface area contributed by atoms with Crippen molar-refractivity contribution in [2.75, 3.05) is 6.61 Å². The number of hydrogen-bond acceptors (Lipinski definition) is 3. The highest BCUT2D eigenvalue weighted by molar-refractivity contribution is 5.88. The lowest BCUT2D eigenvalue weighted by Crippen LogP contribution is -2.44. The van der Waals surface area contributed by atoms with Crippen LogP contribution in [0.3, 0.4) is 0 Å². The molecule has 1 rings (SSSR count). The summed E-state index contributed by atoms with van der Waals surface area (Å²) in [6.07, 6.45) is 0. The standard InChI is InChI=1S/C16H23NO4/c1-10(2)17(11(3)4)15(18)9-21-14-8-13(16(19)20)7-6-12(14)5/h6-8,10-11H,9H2,1-5H3,(H,19,20). The quantitative estimate of drug-likeness (QED) is 0.875. The van der Waals surface area contributed by atoms with Crippen molar-refractivity contribution < 1.29 is 19.4 Å². The Balaban J connectivity index is 2.81. The first kappa shape index (κ1) is 17.0. The smallest absolute Gasteiger partial charge is 0.335 e. The first-order valence-electron chi connectivity index (χ1n) is 7.02. The summed E-state index contributed by atoms with van der Waals surface area (Å²) < 4.78 is 5.52. The van der Waals surface area contributed by atoms with Gasteiger partial charge >= 0.3 is 5.97 Å². The van der Waals surface area contributed by atoms with Gasteiger partial charge in [-0.05, 0) is 52.3 Å². The monoisotopic (exact) mass is 293 g/mol. The molecule has 0 aliphatic heterocycles. The van der Waals surface area contributed by atoms with E-state index in [-0.39, 0.29) is 30.2 Å². The Morgan fingerprint density at radius 3 is 2.24 bits per heavy atom. The van der Waals surface area contributed by atoms with Gasteiger partial charge in [-0.2, -0.15) is 0 Å². The van der Waals surface area contributed by atoms with Crippen LogP contribution in [0, 0.1) is 6.92 Å². The van der Waals surface area contributed by atoms with Gasteiger partial charge in [0.1, 0.15) is 5.75 Å². The number of ether oxygens (including phenoxy) is 1. The lowest BCUT2D eigenvalue weighted by atomic mass is 10.1. The Morgan fingerprint density at radius 1 is 1.19 bits per heavy atom. The summed E-state index contributed by atoms with van der Waals surface area (Å²) in [5.41, 5.74) is 0.945. The highest BCUT2D eigenvalue weighted by Crippen LogP contribution is 2.20. The third-order valence-corrected chi connectivity index (χ3v) is 3.19. The summed E-state index contributed by atoms with van der Waals surface area (Å²) >= 11 is 0. The van der Waals surface area contributed by atoms with E-state index >= 15 is 0 Å². The highest BCUT2D eigenvalue weighted by atomic mass is 16.5. The fourth-order valence-electron chi connectivity index (χ4n) is 2.27. The maximum Gasteiger partial charge on any atom is 0.335 e. The van der Waals surface area contributed by atoms with E-state index in [0.717, 1.165) is 5.56 Å². The van der Waals surface area contributed by atoms with E-state index in [9.17, 15) is 9.59 Å². The van der Waals surface area contributed by atoms with Crippen LogP contribution < -0.4 is 4.74 Å². The van der Waals surface area contributed by atoms with Crippen molar-refractivity contribution in [3.63, 3.8) is 0 Å². The van der Waals surface area contributed by atoms with Crippen molar-refractivity contribution in [3.05, 3.63) is 29.3 Å². The van der Waals surface area contributed by atoms with Crippen LogP contribution in [0.2, 0.25) is 0 Å². The molecule has 5 nitrogen and oxygen atoms in total. The highest BCUT2D eigenvalue weighted by Gasteiger charge is 2.20. The van der Waals surface area contributed by atoms with E-state index in [1.165, 1.54) is 12.1 Å². The molecular weight excluding hydrogens is 270 g/mol. The third kappa shape index (κ3) is 4.48. The van der Waals surface area contributed by atoms with Crippen LogP contribution in [0.15, 0.2) is 18.2 Å². The maximum absolute atomic E-state index is 12.2. The van der Waals surface area contributed by atoms with Gasteiger partial charge in [0.2, 0.25) is 0 Å². The Bertz CT molecular complexity index is 515. The molecule has 1 N–H and O–H groups in total. The molecule has 0 aliphatic carbocycles. The number of amides is 1. The third-order valence-electron chi connectivity index (χ3n) is 3.19. The molecule has 0 radical (unpaired) electrons. The van der Waals surface area contributed by atoms with Crippen molar-refractivity contribution in [1.29, 1.82) is 0 Å². The summed E-state index contributed by atoms with van der Waals surface area (Å²) in [5, 5.41) is 8.98. The van der Waals surface area contributed by atoms with Crippen molar-refractivity contribution in [3.8, 4) is 5.75 Å². The molecule has 0 spiro atoms. The van der Waals surface area contributed by atoms with Crippen molar-refractivity contribution in [2.24, 2.45) is 0 Å². The van der Waals surface area contributed by atoms with Gasteiger partial charge in [-0.1, -0.05) is 6.07 Å². The van der Waals surface area contributed by atoms with Crippen LogP contribution in [0.5, 0.6) is 5.75 Å². The van der Waals surface area contributed by atoms with Crippen LogP contribution in [0.1, 0.15) is 43.6 Å². The topological polar surface area (TPSA) is 66.8 Å². The van der Waals surface area contributed by atoms with Crippen molar-refractivity contribution in [1.82, 2.24) is 4.90 Å². The van der Waals surface area contributed by atoms with Crippen LogP contribution >= 0.6 is 0 Å². The summed E-state index contributed by atoms with van der Waals surface area (Å²) in [5.74, 6) is -0.701. The first-order chi connectivity index (χ1) is 9.73. The van der Waals surface area contributed by atoms with Gasteiger partial charge in [0, 0.05) is 12.1 Å². The van der Waals surface area contributed by atoms with Gasteiger partial charge in [-0.25, -0.2) is 4.79 Å². The predicted molar refractivity (Wildman–Crippen MR) is 80.8 cm³/mol. The zero-order valence-corrected chi connectivity index (χ0v) is 13.2. The van der Waals surface area contributed by atoms with Gasteiger partial charge in [-0.15, -0.1) is 0 Å². The number of carbonyl (C=O) groups is 2. The van der Waals surface area contributed by atoms with Crippen molar-refractivity contribution in [2.45, 2.75) is 46.7 Å². The van der Waals surface area contributed by atoms with Crippen LogP contribution in [0.4, 0.5) is 0 Å². The minimum Gasteiger partial charge on any atom is -0.483 e. The molecule has 1 amide bonds.